The first-order chi connectivity index (χ1) is 9.74. The zero-order valence-corrected chi connectivity index (χ0v) is 16.5. The molecule has 0 aromatic rings. The lowest BCUT2D eigenvalue weighted by molar-refractivity contribution is 0.0172. The fraction of sp³-hybridized carbons (Fsp3) is 0.938. The molecule has 5 nitrogen and oxygen atoms in total. The van der Waals surface area contributed by atoms with Gasteiger partial charge in [-0.05, 0) is 45.3 Å². The van der Waals surface area contributed by atoms with Gasteiger partial charge in [-0.1, -0.05) is 20.8 Å². The number of hydrogen-bond donors (Lipinski definition) is 1. The highest BCUT2D eigenvalue weighted by Crippen LogP contribution is 2.37. The SMILES string of the molecule is CC(C)(C)OC(=O)N1CC[C@H](N)[C@@H]1CO[Si](C)(C)C(C)(C)C. The van der Waals surface area contributed by atoms with Crippen molar-refractivity contribution in [1.82, 2.24) is 4.90 Å². The third-order valence-corrected chi connectivity index (χ3v) is 9.15. The molecule has 0 unspecified atom stereocenters. The second kappa shape index (κ2) is 6.49. The molecule has 2 N–H and O–H groups in total. The number of ether oxygens (including phenoxy) is 1. The van der Waals surface area contributed by atoms with E-state index in [4.69, 9.17) is 14.9 Å². The Bertz CT molecular complexity index is 399. The normalized spacial score (nSPS) is 23.8. The van der Waals surface area contributed by atoms with Crippen LogP contribution in [0.4, 0.5) is 4.79 Å². The van der Waals surface area contributed by atoms with Gasteiger partial charge < -0.3 is 19.8 Å². The predicted molar refractivity (Wildman–Crippen MR) is 92.5 cm³/mol. The Morgan fingerprint density at radius 1 is 1.23 bits per heavy atom. The third kappa shape index (κ3) is 4.96. The fourth-order valence-corrected chi connectivity index (χ4v) is 3.17. The zero-order chi connectivity index (χ0) is 17.3. The lowest BCUT2D eigenvalue weighted by atomic mass is 10.1. The van der Waals surface area contributed by atoms with Gasteiger partial charge in [0.05, 0.1) is 12.6 Å². The summed E-state index contributed by atoms with van der Waals surface area (Å²) >= 11 is 0. The lowest BCUT2D eigenvalue weighted by Crippen LogP contribution is -2.50. The van der Waals surface area contributed by atoms with Crippen LogP contribution < -0.4 is 5.73 Å². The van der Waals surface area contributed by atoms with Crippen LogP contribution in [0.1, 0.15) is 48.0 Å². The van der Waals surface area contributed by atoms with E-state index in [9.17, 15) is 4.79 Å². The van der Waals surface area contributed by atoms with Crippen LogP contribution in [-0.4, -0.2) is 50.1 Å². The molecule has 1 amide bonds. The first kappa shape index (κ1) is 19.5. The van der Waals surface area contributed by atoms with Crippen LogP contribution in [0.5, 0.6) is 0 Å². The van der Waals surface area contributed by atoms with Crippen molar-refractivity contribution in [2.75, 3.05) is 13.2 Å². The van der Waals surface area contributed by atoms with Gasteiger partial charge in [0.2, 0.25) is 0 Å². The molecule has 0 aromatic heterocycles. The van der Waals surface area contributed by atoms with Gasteiger partial charge in [0.1, 0.15) is 5.60 Å². The largest absolute Gasteiger partial charge is 0.444 e. The van der Waals surface area contributed by atoms with E-state index in [-0.39, 0.29) is 23.2 Å². The van der Waals surface area contributed by atoms with E-state index in [2.05, 4.69) is 33.9 Å². The molecule has 1 rings (SSSR count). The Kier molecular flexibility index (Phi) is 5.74. The minimum absolute atomic E-state index is 0.0442. The van der Waals surface area contributed by atoms with E-state index < -0.39 is 13.9 Å². The molecular weight excluding hydrogens is 296 g/mol. The summed E-state index contributed by atoms with van der Waals surface area (Å²) in [6.45, 7) is 17.8. The Labute approximate surface area is 136 Å². The molecule has 2 atom stereocenters. The van der Waals surface area contributed by atoms with Crippen molar-refractivity contribution in [2.45, 2.75) is 83.8 Å². The first-order valence-electron chi connectivity index (χ1n) is 8.14. The molecule has 0 aromatic carbocycles. The van der Waals surface area contributed by atoms with Gasteiger partial charge in [-0.3, -0.25) is 0 Å². The molecular formula is C16H34N2O3Si. The van der Waals surface area contributed by atoms with Crippen molar-refractivity contribution >= 4 is 14.4 Å². The summed E-state index contributed by atoms with van der Waals surface area (Å²) in [5, 5.41) is 0.145. The number of nitrogens with two attached hydrogens (primary N) is 1. The Hall–Kier alpha value is -0.593. The van der Waals surface area contributed by atoms with Crippen molar-refractivity contribution in [3.05, 3.63) is 0 Å². The average Bonchev–Trinajstić information content (AvgIpc) is 2.64. The molecule has 0 bridgehead atoms. The molecule has 0 spiro atoms. The maximum Gasteiger partial charge on any atom is 0.410 e. The van der Waals surface area contributed by atoms with Gasteiger partial charge >= 0.3 is 6.09 Å². The molecule has 1 fully saturated rings. The summed E-state index contributed by atoms with van der Waals surface area (Å²) in [7, 11) is -1.85. The molecule has 6 heteroatoms. The molecule has 1 aliphatic heterocycles. The fourth-order valence-electron chi connectivity index (χ4n) is 2.15. The maximum absolute atomic E-state index is 12.3. The van der Waals surface area contributed by atoms with Crippen LogP contribution >= 0.6 is 0 Å². The van der Waals surface area contributed by atoms with Crippen molar-refractivity contribution in [3.63, 3.8) is 0 Å². The number of amides is 1. The first-order valence-corrected chi connectivity index (χ1v) is 11.0. The van der Waals surface area contributed by atoms with Gasteiger partial charge in [-0.15, -0.1) is 0 Å². The third-order valence-electron chi connectivity index (χ3n) is 4.65. The number of hydrogen-bond acceptors (Lipinski definition) is 4. The standard InChI is InChI=1S/C16H34N2O3Si/c1-15(2,3)21-14(19)18-10-9-12(17)13(18)11-20-22(7,8)16(4,5)6/h12-13H,9-11,17H2,1-8H3/t12-,13-/m0/s1. The van der Waals surface area contributed by atoms with E-state index >= 15 is 0 Å². The number of rotatable bonds is 3. The topological polar surface area (TPSA) is 64.8 Å². The highest BCUT2D eigenvalue weighted by Gasteiger charge is 2.42. The van der Waals surface area contributed by atoms with Crippen LogP contribution in [0, 0.1) is 0 Å². The van der Waals surface area contributed by atoms with Crippen molar-refractivity contribution in [3.8, 4) is 0 Å². The summed E-state index contributed by atoms with van der Waals surface area (Å²) in [6, 6.07) is -0.138. The van der Waals surface area contributed by atoms with Crippen LogP contribution in [-0.2, 0) is 9.16 Å². The maximum atomic E-state index is 12.3. The summed E-state index contributed by atoms with van der Waals surface area (Å²) in [6.07, 6.45) is 0.509. The van der Waals surface area contributed by atoms with Crippen LogP contribution in [0.15, 0.2) is 0 Å². The monoisotopic (exact) mass is 330 g/mol. The van der Waals surface area contributed by atoms with E-state index in [0.29, 0.717) is 13.2 Å². The molecule has 1 saturated heterocycles. The Morgan fingerprint density at radius 2 is 1.77 bits per heavy atom. The Morgan fingerprint density at radius 3 is 2.23 bits per heavy atom. The second-order valence-corrected chi connectivity index (χ2v) is 13.6. The van der Waals surface area contributed by atoms with Gasteiger partial charge in [0.15, 0.2) is 8.32 Å². The minimum Gasteiger partial charge on any atom is -0.444 e. The number of carbonyl (C=O) groups excluding carboxylic acids is 1. The molecule has 22 heavy (non-hydrogen) atoms. The average molecular weight is 331 g/mol. The smallest absolute Gasteiger partial charge is 0.410 e. The minimum atomic E-state index is -1.85. The molecule has 0 aliphatic carbocycles. The van der Waals surface area contributed by atoms with Crippen LogP contribution in [0.2, 0.25) is 18.1 Å². The number of carbonyl (C=O) groups is 1. The highest BCUT2D eigenvalue weighted by molar-refractivity contribution is 6.74. The van der Waals surface area contributed by atoms with Gasteiger partial charge in [0.25, 0.3) is 0 Å². The predicted octanol–water partition coefficient (Wildman–Crippen LogP) is 3.34. The molecule has 130 valence electrons. The summed E-state index contributed by atoms with van der Waals surface area (Å²) < 4.78 is 11.8. The summed E-state index contributed by atoms with van der Waals surface area (Å²) in [4.78, 5) is 14.1. The van der Waals surface area contributed by atoms with Gasteiger partial charge in [0, 0.05) is 12.6 Å². The quantitative estimate of drug-likeness (QED) is 0.806. The van der Waals surface area contributed by atoms with E-state index in [0.717, 1.165) is 6.42 Å². The van der Waals surface area contributed by atoms with Crippen LogP contribution in [0.25, 0.3) is 0 Å². The van der Waals surface area contributed by atoms with E-state index in [1.807, 2.05) is 20.8 Å². The van der Waals surface area contributed by atoms with Crippen molar-refractivity contribution in [2.24, 2.45) is 5.73 Å². The summed E-state index contributed by atoms with van der Waals surface area (Å²) in [5.74, 6) is 0. The van der Waals surface area contributed by atoms with Crippen LogP contribution in [0.3, 0.4) is 0 Å². The van der Waals surface area contributed by atoms with Crippen molar-refractivity contribution < 1.29 is 14.0 Å². The molecule has 0 saturated carbocycles. The lowest BCUT2D eigenvalue weighted by Gasteiger charge is -2.38. The zero-order valence-electron chi connectivity index (χ0n) is 15.5. The van der Waals surface area contributed by atoms with Gasteiger partial charge in [-0.25, -0.2) is 4.79 Å². The second-order valence-electron chi connectivity index (χ2n) is 8.76. The van der Waals surface area contributed by atoms with E-state index in [1.54, 1.807) is 4.90 Å². The molecule has 1 aliphatic rings. The number of nitrogens with zero attached hydrogens (tertiary/aromatic N) is 1. The number of likely N-dealkylation sites (tertiary alicyclic amines) is 1. The molecule has 0 radical (unpaired) electrons. The molecule has 1 heterocycles. The Balaban J connectivity index is 2.72. The highest BCUT2D eigenvalue weighted by atomic mass is 28.4. The van der Waals surface area contributed by atoms with Crippen molar-refractivity contribution in [1.29, 1.82) is 0 Å². The van der Waals surface area contributed by atoms with E-state index in [1.165, 1.54) is 0 Å². The summed E-state index contributed by atoms with van der Waals surface area (Å²) in [5.41, 5.74) is 5.70. The van der Waals surface area contributed by atoms with Gasteiger partial charge in [-0.2, -0.15) is 0 Å².